The highest BCUT2D eigenvalue weighted by Gasteiger charge is 2.01. The highest BCUT2D eigenvalue weighted by Crippen LogP contribution is 2.16. The van der Waals surface area contributed by atoms with Crippen molar-refractivity contribution in [2.24, 2.45) is 0 Å². The topological polar surface area (TPSA) is 73.6 Å². The maximum absolute atomic E-state index is 8.53. The van der Waals surface area contributed by atoms with Gasteiger partial charge in [0.05, 0.1) is 6.07 Å². The Balaban J connectivity index is 2.18. The second-order valence-electron chi connectivity index (χ2n) is 3.69. The molecular formula is C13H13N5. The Morgan fingerprint density at radius 1 is 1.17 bits per heavy atom. The molecule has 0 unspecified atom stereocenters. The molecule has 1 aromatic heterocycles. The van der Waals surface area contributed by atoms with Crippen molar-refractivity contribution in [1.29, 1.82) is 5.26 Å². The maximum Gasteiger partial charge on any atom is 0.136 e. The monoisotopic (exact) mass is 239 g/mol. The first-order valence-corrected chi connectivity index (χ1v) is 5.56. The highest BCUT2D eigenvalue weighted by atomic mass is 15.1. The molecule has 0 bridgehead atoms. The zero-order chi connectivity index (χ0) is 12.8. The molecule has 5 nitrogen and oxygen atoms in total. The van der Waals surface area contributed by atoms with Crippen molar-refractivity contribution in [3.05, 3.63) is 42.2 Å². The van der Waals surface area contributed by atoms with E-state index < -0.39 is 0 Å². The largest absolute Gasteiger partial charge is 0.357 e. The van der Waals surface area contributed by atoms with E-state index in [0.29, 0.717) is 17.5 Å². The zero-order valence-electron chi connectivity index (χ0n) is 10.0. The number of aromatic nitrogens is 2. The van der Waals surface area contributed by atoms with Crippen LogP contribution in [0, 0.1) is 18.3 Å². The summed E-state index contributed by atoms with van der Waals surface area (Å²) in [4.78, 5) is 8.49. The van der Waals surface area contributed by atoms with E-state index in [9.17, 15) is 0 Å². The van der Waals surface area contributed by atoms with Gasteiger partial charge in [-0.15, -0.1) is 0 Å². The summed E-state index contributed by atoms with van der Waals surface area (Å²) in [5.74, 6) is 1.99. The molecular weight excluding hydrogens is 226 g/mol. The van der Waals surface area contributed by atoms with Crippen molar-refractivity contribution in [3.63, 3.8) is 0 Å². The van der Waals surface area contributed by atoms with Crippen molar-refractivity contribution >= 4 is 17.3 Å². The standard InChI is InChI=1S/C13H13N5/c1-10-16-12(15-8-7-14)9-13(17-10)18-11-5-3-2-4-6-11/h2-6,9H,8H2,1H3,(H2,15,16,17,18). The molecule has 2 rings (SSSR count). The summed E-state index contributed by atoms with van der Waals surface area (Å²) >= 11 is 0. The van der Waals surface area contributed by atoms with E-state index in [2.05, 4.69) is 20.6 Å². The van der Waals surface area contributed by atoms with Gasteiger partial charge in [0.15, 0.2) is 0 Å². The van der Waals surface area contributed by atoms with Crippen LogP contribution < -0.4 is 10.6 Å². The third-order valence-corrected chi connectivity index (χ3v) is 2.23. The minimum Gasteiger partial charge on any atom is -0.357 e. The predicted octanol–water partition coefficient (Wildman–Crippen LogP) is 2.46. The SMILES string of the molecule is Cc1nc(NCC#N)cc(Nc2ccccc2)n1. The first-order valence-electron chi connectivity index (χ1n) is 5.56. The van der Waals surface area contributed by atoms with Gasteiger partial charge in [0.2, 0.25) is 0 Å². The number of para-hydroxylation sites is 1. The number of nitriles is 1. The number of nitrogens with one attached hydrogen (secondary N) is 2. The summed E-state index contributed by atoms with van der Waals surface area (Å²) in [5.41, 5.74) is 0.960. The number of rotatable bonds is 4. The van der Waals surface area contributed by atoms with Crippen LogP contribution in [-0.4, -0.2) is 16.5 Å². The Kier molecular flexibility index (Phi) is 3.72. The molecule has 1 aromatic carbocycles. The van der Waals surface area contributed by atoms with Crippen molar-refractivity contribution in [2.75, 3.05) is 17.2 Å². The number of aryl methyl sites for hydroxylation is 1. The third kappa shape index (κ3) is 3.19. The third-order valence-electron chi connectivity index (χ3n) is 2.23. The Labute approximate surface area is 106 Å². The smallest absolute Gasteiger partial charge is 0.136 e. The number of anilines is 3. The fourth-order valence-corrected chi connectivity index (χ4v) is 1.52. The molecule has 0 fully saturated rings. The molecule has 2 aromatic rings. The van der Waals surface area contributed by atoms with Crippen LogP contribution in [0.4, 0.5) is 17.3 Å². The molecule has 90 valence electrons. The Morgan fingerprint density at radius 3 is 2.61 bits per heavy atom. The summed E-state index contributed by atoms with van der Waals surface area (Å²) in [6.45, 7) is 2.04. The molecule has 2 N–H and O–H groups in total. The van der Waals surface area contributed by atoms with Gasteiger partial charge in [-0.1, -0.05) is 18.2 Å². The second kappa shape index (κ2) is 5.64. The summed E-state index contributed by atoms with van der Waals surface area (Å²) in [6.07, 6.45) is 0. The molecule has 5 heteroatoms. The Morgan fingerprint density at radius 2 is 1.89 bits per heavy atom. The molecule has 18 heavy (non-hydrogen) atoms. The lowest BCUT2D eigenvalue weighted by Crippen LogP contribution is -2.04. The van der Waals surface area contributed by atoms with E-state index in [1.165, 1.54) is 0 Å². The quantitative estimate of drug-likeness (QED) is 0.802. The molecule has 0 atom stereocenters. The van der Waals surface area contributed by atoms with E-state index in [4.69, 9.17) is 5.26 Å². The lowest BCUT2D eigenvalue weighted by atomic mass is 10.3. The van der Waals surface area contributed by atoms with Gasteiger partial charge in [-0.25, -0.2) is 9.97 Å². The molecule has 0 amide bonds. The van der Waals surface area contributed by atoms with Gasteiger partial charge in [0, 0.05) is 11.8 Å². The molecule has 0 saturated heterocycles. The van der Waals surface area contributed by atoms with Crippen LogP contribution in [0.15, 0.2) is 36.4 Å². The minimum atomic E-state index is 0.223. The summed E-state index contributed by atoms with van der Waals surface area (Å²) in [5, 5.41) is 14.6. The average Bonchev–Trinajstić information content (AvgIpc) is 2.37. The van der Waals surface area contributed by atoms with Crippen LogP contribution >= 0.6 is 0 Å². The minimum absolute atomic E-state index is 0.223. The van der Waals surface area contributed by atoms with Crippen molar-refractivity contribution < 1.29 is 0 Å². The van der Waals surface area contributed by atoms with Gasteiger partial charge >= 0.3 is 0 Å². The highest BCUT2D eigenvalue weighted by molar-refractivity contribution is 5.59. The van der Waals surface area contributed by atoms with Gasteiger partial charge < -0.3 is 10.6 Å². The van der Waals surface area contributed by atoms with Crippen molar-refractivity contribution in [1.82, 2.24) is 9.97 Å². The first-order chi connectivity index (χ1) is 8.78. The zero-order valence-corrected chi connectivity index (χ0v) is 10.0. The second-order valence-corrected chi connectivity index (χ2v) is 3.69. The Hall–Kier alpha value is -2.61. The molecule has 0 aliphatic rings. The van der Waals surface area contributed by atoms with E-state index in [0.717, 1.165) is 5.69 Å². The summed E-state index contributed by atoms with van der Waals surface area (Å²) in [7, 11) is 0. The number of hydrogen-bond donors (Lipinski definition) is 2. The lowest BCUT2D eigenvalue weighted by Gasteiger charge is -2.08. The van der Waals surface area contributed by atoms with Crippen LogP contribution in [-0.2, 0) is 0 Å². The summed E-state index contributed by atoms with van der Waals surface area (Å²) < 4.78 is 0. The van der Waals surface area contributed by atoms with E-state index in [1.54, 1.807) is 6.07 Å². The molecule has 0 aliphatic carbocycles. The normalized spacial score (nSPS) is 9.56. The van der Waals surface area contributed by atoms with Crippen LogP contribution in [0.25, 0.3) is 0 Å². The lowest BCUT2D eigenvalue weighted by molar-refractivity contribution is 1.05. The fourth-order valence-electron chi connectivity index (χ4n) is 1.52. The molecule has 0 saturated carbocycles. The van der Waals surface area contributed by atoms with E-state index in [-0.39, 0.29) is 6.54 Å². The first kappa shape index (κ1) is 11.9. The van der Waals surface area contributed by atoms with E-state index in [1.807, 2.05) is 43.3 Å². The number of hydrogen-bond acceptors (Lipinski definition) is 5. The van der Waals surface area contributed by atoms with Gasteiger partial charge in [-0.05, 0) is 19.1 Å². The van der Waals surface area contributed by atoms with Crippen LogP contribution in [0.1, 0.15) is 5.82 Å². The summed E-state index contributed by atoms with van der Waals surface area (Å²) in [6, 6.07) is 13.6. The van der Waals surface area contributed by atoms with Gasteiger partial charge in [0.1, 0.15) is 24.0 Å². The maximum atomic E-state index is 8.53. The Bertz CT molecular complexity index is 559. The number of benzene rings is 1. The molecule has 0 radical (unpaired) electrons. The van der Waals surface area contributed by atoms with Crippen molar-refractivity contribution in [2.45, 2.75) is 6.92 Å². The van der Waals surface area contributed by atoms with Gasteiger partial charge in [-0.2, -0.15) is 5.26 Å². The fraction of sp³-hybridized carbons (Fsp3) is 0.154. The van der Waals surface area contributed by atoms with Crippen LogP contribution in [0.2, 0.25) is 0 Å². The molecule has 0 aliphatic heterocycles. The number of nitrogens with zero attached hydrogens (tertiary/aromatic N) is 3. The van der Waals surface area contributed by atoms with Crippen LogP contribution in [0.5, 0.6) is 0 Å². The molecule has 1 heterocycles. The average molecular weight is 239 g/mol. The predicted molar refractivity (Wildman–Crippen MR) is 70.6 cm³/mol. The van der Waals surface area contributed by atoms with E-state index >= 15 is 0 Å². The van der Waals surface area contributed by atoms with Crippen molar-refractivity contribution in [3.8, 4) is 6.07 Å². The van der Waals surface area contributed by atoms with Crippen LogP contribution in [0.3, 0.4) is 0 Å². The molecule has 0 spiro atoms. The van der Waals surface area contributed by atoms with Gasteiger partial charge in [-0.3, -0.25) is 0 Å². The van der Waals surface area contributed by atoms with Gasteiger partial charge in [0.25, 0.3) is 0 Å².